The average Bonchev–Trinajstić information content (AvgIpc) is 2.70. The Labute approximate surface area is 155 Å². The number of anilines is 3. The number of carbonyl (C=O) groups is 2. The number of benzene rings is 2. The van der Waals surface area contributed by atoms with Crippen molar-refractivity contribution in [3.63, 3.8) is 0 Å². The average molecular weight is 363 g/mol. The molecule has 1 aromatic heterocycles. The summed E-state index contributed by atoms with van der Waals surface area (Å²) in [5.74, 6) is 0.326. The number of hydrogen-bond donors (Lipinski definition) is 2. The first-order valence-corrected chi connectivity index (χ1v) is 8.07. The van der Waals surface area contributed by atoms with E-state index in [9.17, 15) is 14.7 Å². The van der Waals surface area contributed by atoms with E-state index in [1.165, 1.54) is 0 Å². The lowest BCUT2D eigenvalue weighted by atomic mass is 10.1. The fourth-order valence-corrected chi connectivity index (χ4v) is 2.50. The Hall–Kier alpha value is -3.87. The fourth-order valence-electron chi connectivity index (χ4n) is 2.50. The molecule has 0 fully saturated rings. The van der Waals surface area contributed by atoms with E-state index in [1.54, 1.807) is 80.2 Å². The van der Waals surface area contributed by atoms with Gasteiger partial charge in [0.25, 0.3) is 5.91 Å². The number of amides is 2. The number of ether oxygens (including phenoxy) is 1. The Bertz CT molecular complexity index is 926. The molecule has 0 bridgehead atoms. The standard InChI is InChI=1S/C20H17N3O4/c1-27-18-10-8-17(9-11-18)23(20(25)26)16-6-4-14(5-7-16)19(24)22-15-3-2-12-21-13-15/h2-13H,1H3,(H,22,24)(H,25,26). The van der Waals surface area contributed by atoms with E-state index >= 15 is 0 Å². The van der Waals surface area contributed by atoms with Gasteiger partial charge in [0.15, 0.2) is 0 Å². The predicted octanol–water partition coefficient (Wildman–Crippen LogP) is 4.16. The van der Waals surface area contributed by atoms with Crippen molar-refractivity contribution in [3.8, 4) is 5.75 Å². The van der Waals surface area contributed by atoms with Crippen molar-refractivity contribution in [3.05, 3.63) is 78.6 Å². The van der Waals surface area contributed by atoms with Crippen LogP contribution in [0.5, 0.6) is 5.75 Å². The van der Waals surface area contributed by atoms with Gasteiger partial charge >= 0.3 is 6.09 Å². The van der Waals surface area contributed by atoms with E-state index in [4.69, 9.17) is 4.74 Å². The second-order valence-corrected chi connectivity index (χ2v) is 5.56. The lowest BCUT2D eigenvalue weighted by Gasteiger charge is -2.20. The molecule has 7 heteroatoms. The molecule has 0 atom stereocenters. The van der Waals surface area contributed by atoms with Gasteiger partial charge in [-0.05, 0) is 60.7 Å². The third kappa shape index (κ3) is 4.21. The van der Waals surface area contributed by atoms with Gasteiger partial charge in [-0.2, -0.15) is 0 Å². The van der Waals surface area contributed by atoms with E-state index in [1.807, 2.05) is 0 Å². The number of carbonyl (C=O) groups excluding carboxylic acids is 1. The highest BCUT2D eigenvalue weighted by molar-refractivity contribution is 6.04. The van der Waals surface area contributed by atoms with Gasteiger partial charge < -0.3 is 15.2 Å². The number of rotatable bonds is 5. The summed E-state index contributed by atoms with van der Waals surface area (Å²) in [4.78, 5) is 29.1. The summed E-state index contributed by atoms with van der Waals surface area (Å²) in [6, 6.07) is 16.4. The molecule has 3 rings (SSSR count). The largest absolute Gasteiger partial charge is 0.497 e. The second kappa shape index (κ2) is 8.01. The highest BCUT2D eigenvalue weighted by Gasteiger charge is 2.17. The molecular formula is C20H17N3O4. The summed E-state index contributed by atoms with van der Waals surface area (Å²) in [5.41, 5.74) is 1.88. The Morgan fingerprint density at radius 3 is 2.15 bits per heavy atom. The van der Waals surface area contributed by atoms with Gasteiger partial charge in [0.2, 0.25) is 0 Å². The normalized spacial score (nSPS) is 10.1. The van der Waals surface area contributed by atoms with Crippen LogP contribution in [0.1, 0.15) is 10.4 Å². The first-order valence-electron chi connectivity index (χ1n) is 8.07. The van der Waals surface area contributed by atoms with Crippen molar-refractivity contribution in [2.75, 3.05) is 17.3 Å². The predicted molar refractivity (Wildman–Crippen MR) is 102 cm³/mol. The summed E-state index contributed by atoms with van der Waals surface area (Å²) < 4.78 is 5.09. The zero-order valence-corrected chi connectivity index (χ0v) is 14.5. The Morgan fingerprint density at radius 1 is 1.00 bits per heavy atom. The topological polar surface area (TPSA) is 91.8 Å². The molecule has 3 aromatic rings. The van der Waals surface area contributed by atoms with Crippen LogP contribution in [0.15, 0.2) is 73.1 Å². The molecular weight excluding hydrogens is 346 g/mol. The third-order valence-corrected chi connectivity index (χ3v) is 3.83. The van der Waals surface area contributed by atoms with Crippen LogP contribution in [0.3, 0.4) is 0 Å². The maximum Gasteiger partial charge on any atom is 0.416 e. The van der Waals surface area contributed by atoms with Crippen molar-refractivity contribution in [2.24, 2.45) is 0 Å². The molecule has 2 amide bonds. The molecule has 1 heterocycles. The van der Waals surface area contributed by atoms with Gasteiger partial charge in [0.1, 0.15) is 5.75 Å². The lowest BCUT2D eigenvalue weighted by Crippen LogP contribution is -2.23. The quantitative estimate of drug-likeness (QED) is 0.710. The SMILES string of the molecule is COc1ccc(N(C(=O)O)c2ccc(C(=O)Nc3cccnc3)cc2)cc1. The third-order valence-electron chi connectivity index (χ3n) is 3.83. The van der Waals surface area contributed by atoms with E-state index in [0.29, 0.717) is 28.4 Å². The number of methoxy groups -OCH3 is 1. The zero-order valence-electron chi connectivity index (χ0n) is 14.5. The van der Waals surface area contributed by atoms with Crippen LogP contribution in [-0.2, 0) is 0 Å². The smallest absolute Gasteiger partial charge is 0.416 e. The molecule has 0 radical (unpaired) electrons. The molecule has 7 nitrogen and oxygen atoms in total. The van der Waals surface area contributed by atoms with Gasteiger partial charge in [-0.1, -0.05) is 0 Å². The molecule has 0 aliphatic heterocycles. The van der Waals surface area contributed by atoms with Crippen LogP contribution < -0.4 is 15.0 Å². The van der Waals surface area contributed by atoms with E-state index in [2.05, 4.69) is 10.3 Å². The molecule has 0 unspecified atom stereocenters. The lowest BCUT2D eigenvalue weighted by molar-refractivity contribution is 0.102. The van der Waals surface area contributed by atoms with E-state index in [0.717, 1.165) is 4.90 Å². The molecule has 0 aliphatic carbocycles. The van der Waals surface area contributed by atoms with Gasteiger partial charge in [0.05, 0.1) is 30.4 Å². The number of nitrogens with zero attached hydrogens (tertiary/aromatic N) is 2. The van der Waals surface area contributed by atoms with Crippen molar-refractivity contribution in [2.45, 2.75) is 0 Å². The Morgan fingerprint density at radius 2 is 1.63 bits per heavy atom. The number of nitrogens with one attached hydrogen (secondary N) is 1. The fraction of sp³-hybridized carbons (Fsp3) is 0.0500. The summed E-state index contributed by atoms with van der Waals surface area (Å²) in [5, 5.41) is 12.3. The Kier molecular flexibility index (Phi) is 5.32. The zero-order chi connectivity index (χ0) is 19.2. The van der Waals surface area contributed by atoms with Crippen LogP contribution in [0, 0.1) is 0 Å². The first kappa shape index (κ1) is 17.9. The van der Waals surface area contributed by atoms with Crippen LogP contribution in [0.4, 0.5) is 21.9 Å². The van der Waals surface area contributed by atoms with Crippen molar-refractivity contribution in [1.29, 1.82) is 0 Å². The van der Waals surface area contributed by atoms with Crippen molar-refractivity contribution in [1.82, 2.24) is 4.98 Å². The van der Waals surface area contributed by atoms with Crippen molar-refractivity contribution >= 4 is 29.1 Å². The van der Waals surface area contributed by atoms with Crippen LogP contribution in [-0.4, -0.2) is 29.2 Å². The summed E-state index contributed by atoms with van der Waals surface area (Å²) >= 11 is 0. The summed E-state index contributed by atoms with van der Waals surface area (Å²) in [6.45, 7) is 0. The number of pyridine rings is 1. The molecule has 136 valence electrons. The monoisotopic (exact) mass is 363 g/mol. The molecule has 2 N–H and O–H groups in total. The highest BCUT2D eigenvalue weighted by Crippen LogP contribution is 2.27. The summed E-state index contributed by atoms with van der Waals surface area (Å²) in [7, 11) is 1.54. The summed E-state index contributed by atoms with van der Waals surface area (Å²) in [6.07, 6.45) is 2.03. The minimum Gasteiger partial charge on any atom is -0.497 e. The highest BCUT2D eigenvalue weighted by atomic mass is 16.5. The molecule has 0 saturated carbocycles. The van der Waals surface area contributed by atoms with Gasteiger partial charge in [-0.25, -0.2) is 9.69 Å². The second-order valence-electron chi connectivity index (χ2n) is 5.56. The van der Waals surface area contributed by atoms with Gasteiger partial charge in [-0.15, -0.1) is 0 Å². The number of aromatic nitrogens is 1. The Balaban J connectivity index is 1.81. The maximum atomic E-state index is 12.3. The van der Waals surface area contributed by atoms with Gasteiger partial charge in [-0.3, -0.25) is 9.78 Å². The van der Waals surface area contributed by atoms with E-state index in [-0.39, 0.29) is 5.91 Å². The van der Waals surface area contributed by atoms with E-state index < -0.39 is 6.09 Å². The molecule has 0 saturated heterocycles. The van der Waals surface area contributed by atoms with Crippen LogP contribution in [0.2, 0.25) is 0 Å². The maximum absolute atomic E-state index is 12.3. The van der Waals surface area contributed by atoms with Gasteiger partial charge in [0, 0.05) is 11.8 Å². The minimum absolute atomic E-state index is 0.305. The number of carboxylic acid groups (broad SMARTS) is 1. The van der Waals surface area contributed by atoms with Crippen LogP contribution >= 0.6 is 0 Å². The van der Waals surface area contributed by atoms with Crippen molar-refractivity contribution < 1.29 is 19.4 Å². The molecule has 0 spiro atoms. The minimum atomic E-state index is -1.13. The molecule has 2 aromatic carbocycles. The molecule has 0 aliphatic rings. The molecule has 27 heavy (non-hydrogen) atoms. The first-order chi connectivity index (χ1) is 13.1. The number of hydrogen-bond acceptors (Lipinski definition) is 4. The van der Waals surface area contributed by atoms with Crippen LogP contribution in [0.25, 0.3) is 0 Å².